The molecule has 1 aliphatic rings. The van der Waals surface area contributed by atoms with Crippen LogP contribution in [0.1, 0.15) is 25.0 Å². The van der Waals surface area contributed by atoms with Crippen LogP contribution in [0.5, 0.6) is 0 Å². The Balaban J connectivity index is 1.00. The van der Waals surface area contributed by atoms with Crippen molar-refractivity contribution in [3.63, 3.8) is 0 Å². The smallest absolute Gasteiger partial charge is 0.0555 e. The quantitative estimate of drug-likeness (QED) is 0.171. The number of thiophene rings is 2. The van der Waals surface area contributed by atoms with Crippen LogP contribution in [0.2, 0.25) is 0 Å². The van der Waals surface area contributed by atoms with E-state index in [0.29, 0.717) is 0 Å². The largest absolute Gasteiger partial charge is 0.309 e. The van der Waals surface area contributed by atoms with Gasteiger partial charge in [0.05, 0.1) is 16.7 Å². The Morgan fingerprint density at radius 3 is 1.87 bits per heavy atom. The van der Waals surface area contributed by atoms with Crippen LogP contribution in [0.15, 0.2) is 164 Å². The lowest BCUT2D eigenvalue weighted by atomic mass is 9.81. The Hall–Kier alpha value is -6.00. The van der Waals surface area contributed by atoms with Crippen molar-refractivity contribution in [1.82, 2.24) is 4.57 Å². The second-order valence-electron chi connectivity index (χ2n) is 15.3. The van der Waals surface area contributed by atoms with E-state index in [1.54, 1.807) is 0 Å². The van der Waals surface area contributed by atoms with Crippen LogP contribution in [0, 0.1) is 0 Å². The molecule has 1 nitrogen and oxygen atoms in total. The van der Waals surface area contributed by atoms with Gasteiger partial charge in [0.15, 0.2) is 0 Å². The fourth-order valence-electron chi connectivity index (χ4n) is 9.37. The summed E-state index contributed by atoms with van der Waals surface area (Å²) in [6, 6.07) is 61.5. The van der Waals surface area contributed by atoms with E-state index in [1.165, 1.54) is 112 Å². The van der Waals surface area contributed by atoms with Crippen molar-refractivity contribution in [2.24, 2.45) is 0 Å². The molecular weight excluding hydrogens is 691 g/mol. The second kappa shape index (κ2) is 11.0. The summed E-state index contributed by atoms with van der Waals surface area (Å²) in [4.78, 5) is 0. The number of rotatable bonds is 3. The molecular formula is C51H33NS2. The molecule has 0 atom stereocenters. The van der Waals surface area contributed by atoms with Crippen molar-refractivity contribution in [3.8, 4) is 39.1 Å². The summed E-state index contributed by atoms with van der Waals surface area (Å²) in [5.74, 6) is 0. The molecule has 12 rings (SSSR count). The van der Waals surface area contributed by atoms with Gasteiger partial charge in [-0.25, -0.2) is 0 Å². The number of fused-ring (bicyclic) bond motifs is 12. The average molecular weight is 724 g/mol. The van der Waals surface area contributed by atoms with Gasteiger partial charge in [-0.15, -0.1) is 22.7 Å². The number of nitrogens with zero attached hydrogens (tertiary/aromatic N) is 1. The fourth-order valence-corrected chi connectivity index (χ4v) is 11.7. The summed E-state index contributed by atoms with van der Waals surface area (Å²) in [5, 5.41) is 7.86. The molecule has 0 saturated carbocycles. The topological polar surface area (TPSA) is 4.93 Å². The third kappa shape index (κ3) is 4.20. The van der Waals surface area contributed by atoms with Gasteiger partial charge in [-0.05, 0) is 99.1 Å². The number of aromatic nitrogens is 1. The number of hydrogen-bond acceptors (Lipinski definition) is 2. The van der Waals surface area contributed by atoms with Crippen molar-refractivity contribution in [1.29, 1.82) is 0 Å². The molecule has 254 valence electrons. The molecule has 0 N–H and O–H groups in total. The number of hydrogen-bond donors (Lipinski definition) is 0. The molecule has 3 heteroatoms. The van der Waals surface area contributed by atoms with Crippen LogP contribution in [-0.4, -0.2) is 4.57 Å². The molecule has 0 spiro atoms. The first-order valence-corrected chi connectivity index (χ1v) is 20.3. The minimum absolute atomic E-state index is 0.0302. The summed E-state index contributed by atoms with van der Waals surface area (Å²) in [6.07, 6.45) is 0. The first-order valence-electron chi connectivity index (χ1n) is 18.7. The summed E-state index contributed by atoms with van der Waals surface area (Å²) in [7, 11) is 0. The number of para-hydroxylation sites is 1. The maximum absolute atomic E-state index is 2.49. The predicted octanol–water partition coefficient (Wildman–Crippen LogP) is 15.2. The van der Waals surface area contributed by atoms with E-state index in [-0.39, 0.29) is 5.41 Å². The molecule has 0 aliphatic heterocycles. The first kappa shape index (κ1) is 30.5. The van der Waals surface area contributed by atoms with Gasteiger partial charge in [0.25, 0.3) is 0 Å². The van der Waals surface area contributed by atoms with Gasteiger partial charge in [0.1, 0.15) is 0 Å². The highest BCUT2D eigenvalue weighted by Crippen LogP contribution is 2.50. The molecule has 0 fully saturated rings. The van der Waals surface area contributed by atoms with Crippen LogP contribution in [0.3, 0.4) is 0 Å². The first-order chi connectivity index (χ1) is 26.5. The van der Waals surface area contributed by atoms with E-state index in [0.717, 1.165) is 0 Å². The van der Waals surface area contributed by atoms with Crippen LogP contribution >= 0.6 is 22.7 Å². The second-order valence-corrected chi connectivity index (χ2v) is 17.5. The molecule has 0 radical (unpaired) electrons. The molecule has 3 heterocycles. The van der Waals surface area contributed by atoms with Gasteiger partial charge in [0, 0.05) is 56.5 Å². The maximum atomic E-state index is 2.49. The van der Waals surface area contributed by atoms with Gasteiger partial charge in [-0.3, -0.25) is 0 Å². The lowest BCUT2D eigenvalue weighted by Gasteiger charge is -2.22. The van der Waals surface area contributed by atoms with Crippen LogP contribution in [-0.2, 0) is 5.41 Å². The van der Waals surface area contributed by atoms with Crippen molar-refractivity contribution in [2.45, 2.75) is 19.3 Å². The standard InChI is InChI=1S/C51H33NS2/c1-51(2)41-13-6-3-10-34(41)35-22-18-31(27-42(35)51)30-21-25-44-40(26-30)36-11-4-7-14-43(36)52(44)45-15-9-17-47-50(45)39-24-20-33(29-49(39)54-47)32-19-23-38-37-12-5-8-16-46(37)53-48(38)28-32/h3-29H,1-2H3. The zero-order chi connectivity index (χ0) is 35.7. The molecule has 0 bridgehead atoms. The summed E-state index contributed by atoms with van der Waals surface area (Å²) in [5.41, 5.74) is 14.2. The Morgan fingerprint density at radius 2 is 0.981 bits per heavy atom. The van der Waals surface area contributed by atoms with E-state index in [4.69, 9.17) is 0 Å². The molecule has 11 aromatic rings. The van der Waals surface area contributed by atoms with Crippen LogP contribution in [0.25, 0.3) is 101 Å². The van der Waals surface area contributed by atoms with E-state index in [9.17, 15) is 0 Å². The van der Waals surface area contributed by atoms with Gasteiger partial charge < -0.3 is 4.57 Å². The van der Waals surface area contributed by atoms with Crippen molar-refractivity contribution in [2.75, 3.05) is 0 Å². The van der Waals surface area contributed by atoms with Gasteiger partial charge in [0.2, 0.25) is 0 Å². The number of benzene rings is 8. The molecule has 0 unspecified atom stereocenters. The van der Waals surface area contributed by atoms with Crippen LogP contribution < -0.4 is 0 Å². The molecule has 1 aliphatic carbocycles. The molecule has 0 saturated heterocycles. The predicted molar refractivity (Wildman–Crippen MR) is 235 cm³/mol. The minimum Gasteiger partial charge on any atom is -0.309 e. The molecule has 0 amide bonds. The average Bonchev–Trinajstić information content (AvgIpc) is 3.94. The van der Waals surface area contributed by atoms with Gasteiger partial charge in [-0.1, -0.05) is 123 Å². The Kier molecular flexibility index (Phi) is 6.22. The molecule has 8 aromatic carbocycles. The third-order valence-electron chi connectivity index (χ3n) is 12.0. The fraction of sp³-hybridized carbons (Fsp3) is 0.0588. The van der Waals surface area contributed by atoms with Gasteiger partial charge in [-0.2, -0.15) is 0 Å². The lowest BCUT2D eigenvalue weighted by Crippen LogP contribution is -2.14. The maximum Gasteiger partial charge on any atom is 0.0555 e. The summed E-state index contributed by atoms with van der Waals surface area (Å²) in [6.45, 7) is 4.72. The minimum atomic E-state index is -0.0302. The van der Waals surface area contributed by atoms with E-state index >= 15 is 0 Å². The monoisotopic (exact) mass is 723 g/mol. The Morgan fingerprint density at radius 1 is 0.389 bits per heavy atom. The van der Waals surface area contributed by atoms with Gasteiger partial charge >= 0.3 is 0 Å². The zero-order valence-electron chi connectivity index (χ0n) is 29.9. The van der Waals surface area contributed by atoms with Crippen molar-refractivity contribution in [3.05, 3.63) is 175 Å². The third-order valence-corrected chi connectivity index (χ3v) is 14.3. The van der Waals surface area contributed by atoms with E-state index in [2.05, 4.69) is 182 Å². The SMILES string of the molecule is CC1(C)c2ccccc2-c2ccc(-c3ccc4c(c3)c3ccccc3n4-c3cccc4sc5cc(-c6ccc7c(c6)sc6ccccc67)ccc5c34)cc21. The normalized spacial score (nSPS) is 13.5. The molecule has 3 aromatic heterocycles. The van der Waals surface area contributed by atoms with Crippen molar-refractivity contribution >= 4 is 84.8 Å². The van der Waals surface area contributed by atoms with E-state index in [1.807, 2.05) is 22.7 Å². The zero-order valence-corrected chi connectivity index (χ0v) is 31.5. The highest BCUT2D eigenvalue weighted by atomic mass is 32.1. The van der Waals surface area contributed by atoms with Crippen LogP contribution in [0.4, 0.5) is 0 Å². The highest BCUT2D eigenvalue weighted by Gasteiger charge is 2.35. The highest BCUT2D eigenvalue weighted by molar-refractivity contribution is 7.26. The molecule has 54 heavy (non-hydrogen) atoms. The summed E-state index contributed by atoms with van der Waals surface area (Å²) >= 11 is 3.78. The lowest BCUT2D eigenvalue weighted by molar-refractivity contribution is 0.660. The van der Waals surface area contributed by atoms with Crippen molar-refractivity contribution < 1.29 is 0 Å². The Bertz CT molecular complexity index is 3370. The summed E-state index contributed by atoms with van der Waals surface area (Å²) < 4.78 is 7.80. The Labute approximate surface area is 321 Å². The van der Waals surface area contributed by atoms with E-state index < -0.39 is 0 Å².